The maximum Gasteiger partial charge on any atom is 0.316 e. The van der Waals surface area contributed by atoms with Gasteiger partial charge < -0.3 is 15.2 Å². The van der Waals surface area contributed by atoms with Crippen LogP contribution >= 0.6 is 0 Å². The van der Waals surface area contributed by atoms with Crippen molar-refractivity contribution in [1.82, 2.24) is 5.32 Å². The first-order valence-corrected chi connectivity index (χ1v) is 9.12. The van der Waals surface area contributed by atoms with E-state index in [9.17, 15) is 24.3 Å². The van der Waals surface area contributed by atoms with Gasteiger partial charge in [-0.15, -0.1) is 0 Å². The summed E-state index contributed by atoms with van der Waals surface area (Å²) in [6.07, 6.45) is 4.94. The molecule has 1 aliphatic heterocycles. The van der Waals surface area contributed by atoms with E-state index < -0.39 is 23.8 Å². The van der Waals surface area contributed by atoms with Gasteiger partial charge in [-0.3, -0.25) is 19.2 Å². The van der Waals surface area contributed by atoms with Crippen LogP contribution in [0.3, 0.4) is 0 Å². The van der Waals surface area contributed by atoms with Gasteiger partial charge in [0.1, 0.15) is 0 Å². The normalized spacial score (nSPS) is 31.7. The lowest BCUT2D eigenvalue weighted by atomic mass is 9.85. The Balaban J connectivity index is 2.11. The Morgan fingerprint density at radius 1 is 0.920 bits per heavy atom. The quantitative estimate of drug-likeness (QED) is 0.579. The summed E-state index contributed by atoms with van der Waals surface area (Å²) >= 11 is 0. The van der Waals surface area contributed by atoms with Crippen LogP contribution in [-0.4, -0.2) is 36.0 Å². The number of carboxylic acid groups (broad SMARTS) is 1. The van der Waals surface area contributed by atoms with Crippen LogP contribution in [0.5, 0.6) is 0 Å². The van der Waals surface area contributed by atoms with Gasteiger partial charge in [-0.2, -0.15) is 0 Å². The number of ether oxygens (including phenoxy) is 1. The molecule has 0 aromatic carbocycles. The van der Waals surface area contributed by atoms with Gasteiger partial charge in [0.2, 0.25) is 5.91 Å². The average molecular weight is 353 g/mol. The molecule has 7 heteroatoms. The number of amides is 1. The van der Waals surface area contributed by atoms with Crippen LogP contribution in [-0.2, 0) is 23.9 Å². The molecular weight excluding hydrogens is 326 g/mol. The second kappa shape index (κ2) is 8.97. The van der Waals surface area contributed by atoms with Crippen LogP contribution in [0.4, 0.5) is 0 Å². The molecule has 2 N–H and O–H groups in total. The van der Waals surface area contributed by atoms with Crippen LogP contribution in [0, 0.1) is 23.7 Å². The first-order chi connectivity index (χ1) is 11.9. The van der Waals surface area contributed by atoms with Crippen LogP contribution in [0.1, 0.15) is 57.8 Å². The number of hydrogen-bond donors (Lipinski definition) is 2. The molecular formula is C18H27NO6. The molecule has 1 amide bonds. The lowest BCUT2D eigenvalue weighted by Crippen LogP contribution is -2.35. The first-order valence-electron chi connectivity index (χ1n) is 9.12. The summed E-state index contributed by atoms with van der Waals surface area (Å²) in [4.78, 5) is 47.3. The number of cyclic esters (lactones) is 2. The molecule has 2 rings (SSSR count). The van der Waals surface area contributed by atoms with Crippen molar-refractivity contribution in [3.8, 4) is 0 Å². The van der Waals surface area contributed by atoms with E-state index >= 15 is 0 Å². The van der Waals surface area contributed by atoms with E-state index in [1.165, 1.54) is 0 Å². The molecule has 1 heterocycles. The highest BCUT2D eigenvalue weighted by molar-refractivity contribution is 5.90. The molecule has 140 valence electrons. The number of carboxylic acids is 1. The number of aliphatic carboxylic acids is 1. The Morgan fingerprint density at radius 2 is 1.44 bits per heavy atom. The van der Waals surface area contributed by atoms with E-state index in [0.29, 0.717) is 57.8 Å². The van der Waals surface area contributed by atoms with Gasteiger partial charge in [-0.05, 0) is 44.9 Å². The molecule has 2 fully saturated rings. The third-order valence-electron chi connectivity index (χ3n) is 5.48. The summed E-state index contributed by atoms with van der Waals surface area (Å²) in [5, 5.41) is 12.0. The van der Waals surface area contributed by atoms with E-state index in [4.69, 9.17) is 4.74 Å². The standard InChI is InChI=1S/C18H27NO6/c1-19-15(20)11-4-2-6-13-10-14(18(24)25-17(13)23)7-3-5-12(9-8-11)16(21)22/h11-14H,2-10H2,1H3,(H,19,20)(H,21,22). The number of esters is 2. The van der Waals surface area contributed by atoms with Crippen molar-refractivity contribution < 1.29 is 29.0 Å². The molecule has 0 spiro atoms. The molecule has 2 aliphatic rings. The Morgan fingerprint density at radius 3 is 1.96 bits per heavy atom. The van der Waals surface area contributed by atoms with Gasteiger partial charge in [0.25, 0.3) is 0 Å². The van der Waals surface area contributed by atoms with Gasteiger partial charge in [-0.25, -0.2) is 0 Å². The largest absolute Gasteiger partial charge is 0.481 e. The average Bonchev–Trinajstić information content (AvgIpc) is 2.59. The fourth-order valence-electron chi connectivity index (χ4n) is 3.90. The Labute approximate surface area is 147 Å². The van der Waals surface area contributed by atoms with Crippen molar-refractivity contribution in [2.24, 2.45) is 23.7 Å². The molecule has 2 bridgehead atoms. The van der Waals surface area contributed by atoms with Crippen LogP contribution in [0.25, 0.3) is 0 Å². The Hall–Kier alpha value is -1.92. The Kier molecular flexibility index (Phi) is 6.96. The second-order valence-corrected chi connectivity index (χ2v) is 7.16. The van der Waals surface area contributed by atoms with Crippen LogP contribution in [0.2, 0.25) is 0 Å². The molecule has 1 saturated heterocycles. The monoisotopic (exact) mass is 353 g/mol. The summed E-state index contributed by atoms with van der Waals surface area (Å²) in [7, 11) is 1.58. The molecule has 1 saturated carbocycles. The van der Waals surface area contributed by atoms with Crippen molar-refractivity contribution >= 4 is 23.8 Å². The fourth-order valence-corrected chi connectivity index (χ4v) is 3.90. The topological polar surface area (TPSA) is 110 Å². The van der Waals surface area contributed by atoms with E-state index in [2.05, 4.69) is 5.32 Å². The predicted molar refractivity (Wildman–Crippen MR) is 88.3 cm³/mol. The summed E-state index contributed by atoms with van der Waals surface area (Å²) in [5.74, 6) is -3.27. The summed E-state index contributed by atoms with van der Waals surface area (Å²) in [6.45, 7) is 0. The van der Waals surface area contributed by atoms with Crippen molar-refractivity contribution in [2.45, 2.75) is 57.8 Å². The predicted octanol–water partition coefficient (Wildman–Crippen LogP) is 1.89. The van der Waals surface area contributed by atoms with Gasteiger partial charge in [0, 0.05) is 13.0 Å². The highest BCUT2D eigenvalue weighted by atomic mass is 16.6. The minimum atomic E-state index is -0.857. The minimum absolute atomic E-state index is 0.0849. The van der Waals surface area contributed by atoms with E-state index in [1.807, 2.05) is 0 Å². The van der Waals surface area contributed by atoms with Gasteiger partial charge in [-0.1, -0.05) is 12.8 Å². The fraction of sp³-hybridized carbons (Fsp3) is 0.778. The summed E-state index contributed by atoms with van der Waals surface area (Å²) in [5.41, 5.74) is 0. The zero-order valence-electron chi connectivity index (χ0n) is 14.7. The van der Waals surface area contributed by atoms with E-state index in [1.54, 1.807) is 7.05 Å². The third kappa shape index (κ3) is 5.28. The maximum absolute atomic E-state index is 12.1. The highest BCUT2D eigenvalue weighted by Crippen LogP contribution is 2.32. The smallest absolute Gasteiger partial charge is 0.316 e. The highest BCUT2D eigenvalue weighted by Gasteiger charge is 2.37. The number of fused-ring (bicyclic) bond motifs is 2. The first kappa shape index (κ1) is 19.4. The van der Waals surface area contributed by atoms with Crippen molar-refractivity contribution in [2.75, 3.05) is 7.05 Å². The number of carbonyl (C=O) groups is 4. The van der Waals surface area contributed by atoms with Crippen LogP contribution in [0.15, 0.2) is 0 Å². The number of carbonyl (C=O) groups excluding carboxylic acids is 3. The second-order valence-electron chi connectivity index (χ2n) is 7.16. The van der Waals surface area contributed by atoms with E-state index in [0.717, 1.165) is 0 Å². The van der Waals surface area contributed by atoms with Crippen molar-refractivity contribution in [1.29, 1.82) is 0 Å². The number of nitrogens with one attached hydrogen (secondary N) is 1. The number of hydrogen-bond acceptors (Lipinski definition) is 5. The van der Waals surface area contributed by atoms with Gasteiger partial charge >= 0.3 is 17.9 Å². The van der Waals surface area contributed by atoms with Crippen molar-refractivity contribution in [3.63, 3.8) is 0 Å². The molecule has 1 aliphatic carbocycles. The maximum atomic E-state index is 12.1. The molecule has 4 atom stereocenters. The zero-order valence-corrected chi connectivity index (χ0v) is 14.7. The van der Waals surface area contributed by atoms with Gasteiger partial charge in [0.05, 0.1) is 17.8 Å². The molecule has 7 nitrogen and oxygen atoms in total. The molecule has 0 aromatic heterocycles. The third-order valence-corrected chi connectivity index (χ3v) is 5.48. The lowest BCUT2D eigenvalue weighted by Gasteiger charge is -2.26. The minimum Gasteiger partial charge on any atom is -0.481 e. The van der Waals surface area contributed by atoms with Crippen LogP contribution < -0.4 is 5.32 Å². The van der Waals surface area contributed by atoms with Crippen molar-refractivity contribution in [3.05, 3.63) is 0 Å². The zero-order chi connectivity index (χ0) is 18.4. The molecule has 0 radical (unpaired) electrons. The Bertz CT molecular complexity index is 532. The van der Waals surface area contributed by atoms with E-state index in [-0.39, 0.29) is 23.7 Å². The SMILES string of the molecule is CNC(=O)C1CCCC2CC(CCCC(C(=O)O)CC1)C(=O)OC2=O. The van der Waals surface area contributed by atoms with Gasteiger partial charge in [0.15, 0.2) is 0 Å². The number of rotatable bonds is 2. The molecule has 4 unspecified atom stereocenters. The molecule has 25 heavy (non-hydrogen) atoms. The summed E-state index contributed by atoms with van der Waals surface area (Å²) in [6, 6.07) is 0. The molecule has 0 aromatic rings. The lowest BCUT2D eigenvalue weighted by molar-refractivity contribution is -0.172. The summed E-state index contributed by atoms with van der Waals surface area (Å²) < 4.78 is 4.88.